The van der Waals surface area contributed by atoms with E-state index in [-0.39, 0.29) is 17.5 Å². The summed E-state index contributed by atoms with van der Waals surface area (Å²) in [6.45, 7) is 4.53. The van der Waals surface area contributed by atoms with Crippen LogP contribution < -0.4 is 15.0 Å². The summed E-state index contributed by atoms with van der Waals surface area (Å²) in [6, 6.07) is 9.42. The van der Waals surface area contributed by atoms with Crippen LogP contribution in [0.15, 0.2) is 30.3 Å². The van der Waals surface area contributed by atoms with Gasteiger partial charge < -0.3 is 15.0 Å². The summed E-state index contributed by atoms with van der Waals surface area (Å²) in [4.78, 5) is 11.0. The van der Waals surface area contributed by atoms with Gasteiger partial charge in [-0.2, -0.15) is 0 Å². The predicted octanol–water partition coefficient (Wildman–Crippen LogP) is 2.55. The van der Waals surface area contributed by atoms with Gasteiger partial charge in [-0.05, 0) is 32.4 Å². The molecular formula is C18H24N4O3S. The number of sulfone groups is 1. The van der Waals surface area contributed by atoms with Gasteiger partial charge in [-0.25, -0.2) is 18.4 Å². The largest absolute Gasteiger partial charge is 0.497 e. The van der Waals surface area contributed by atoms with Crippen molar-refractivity contribution in [1.82, 2.24) is 9.97 Å². The fourth-order valence-electron chi connectivity index (χ4n) is 3.24. The van der Waals surface area contributed by atoms with E-state index in [9.17, 15) is 8.42 Å². The van der Waals surface area contributed by atoms with E-state index in [0.717, 1.165) is 17.3 Å². The molecule has 8 heteroatoms. The Hall–Kier alpha value is -2.35. The lowest BCUT2D eigenvalue weighted by Crippen LogP contribution is -2.36. The van der Waals surface area contributed by atoms with Gasteiger partial charge >= 0.3 is 0 Å². The van der Waals surface area contributed by atoms with Gasteiger partial charge in [0.1, 0.15) is 23.2 Å². The van der Waals surface area contributed by atoms with Gasteiger partial charge in [0.05, 0.1) is 18.6 Å². The zero-order valence-corrected chi connectivity index (χ0v) is 16.1. The smallest absolute Gasteiger partial charge is 0.152 e. The van der Waals surface area contributed by atoms with Crippen molar-refractivity contribution in [3.05, 3.63) is 36.2 Å². The fourth-order valence-corrected chi connectivity index (χ4v) is 4.97. The van der Waals surface area contributed by atoms with Crippen molar-refractivity contribution in [2.45, 2.75) is 26.3 Å². The highest BCUT2D eigenvalue weighted by Crippen LogP contribution is 2.26. The maximum Gasteiger partial charge on any atom is 0.152 e. The predicted molar refractivity (Wildman–Crippen MR) is 103 cm³/mol. The van der Waals surface area contributed by atoms with E-state index in [1.165, 1.54) is 0 Å². The average molecular weight is 376 g/mol. The number of rotatable bonds is 6. The third kappa shape index (κ3) is 4.24. The number of ether oxygens (including phenoxy) is 1. The van der Waals surface area contributed by atoms with Crippen LogP contribution in [-0.2, 0) is 9.84 Å². The molecule has 0 saturated carbocycles. The number of methoxy groups -OCH3 is 1. The molecule has 1 fully saturated rings. The lowest BCUT2D eigenvalue weighted by atomic mass is 10.2. The van der Waals surface area contributed by atoms with E-state index >= 15 is 0 Å². The molecule has 0 spiro atoms. The number of hydrogen-bond donors (Lipinski definition) is 1. The van der Waals surface area contributed by atoms with E-state index in [4.69, 9.17) is 4.74 Å². The summed E-state index contributed by atoms with van der Waals surface area (Å²) >= 11 is 0. The first-order chi connectivity index (χ1) is 12.4. The SMILES string of the molecule is CCN(c1cc(Nc2cccc(OC)c2)nc(C)n1)C1CCS(=O)(=O)C1. The van der Waals surface area contributed by atoms with Crippen LogP contribution in [-0.4, -0.2) is 49.6 Å². The van der Waals surface area contributed by atoms with Crippen molar-refractivity contribution in [2.24, 2.45) is 0 Å². The highest BCUT2D eigenvalue weighted by molar-refractivity contribution is 7.91. The second kappa shape index (κ2) is 7.49. The summed E-state index contributed by atoms with van der Waals surface area (Å²) < 4.78 is 28.9. The zero-order valence-electron chi connectivity index (χ0n) is 15.3. The zero-order chi connectivity index (χ0) is 18.7. The van der Waals surface area contributed by atoms with Gasteiger partial charge in [-0.1, -0.05) is 6.07 Å². The molecule has 3 rings (SSSR count). The van der Waals surface area contributed by atoms with Crippen LogP contribution >= 0.6 is 0 Å². The lowest BCUT2D eigenvalue weighted by molar-refractivity contribution is 0.415. The molecule has 0 bridgehead atoms. The Labute approximate surface area is 154 Å². The molecule has 26 heavy (non-hydrogen) atoms. The highest BCUT2D eigenvalue weighted by Gasteiger charge is 2.32. The van der Waals surface area contributed by atoms with Gasteiger partial charge in [-0.3, -0.25) is 0 Å². The molecule has 1 aromatic heterocycles. The van der Waals surface area contributed by atoms with Gasteiger partial charge in [-0.15, -0.1) is 0 Å². The molecule has 1 saturated heterocycles. The summed E-state index contributed by atoms with van der Waals surface area (Å²) in [5, 5.41) is 3.27. The molecule has 1 aromatic carbocycles. The molecule has 7 nitrogen and oxygen atoms in total. The van der Waals surface area contributed by atoms with Gasteiger partial charge in [0.15, 0.2) is 9.84 Å². The Morgan fingerprint density at radius 3 is 2.77 bits per heavy atom. The minimum Gasteiger partial charge on any atom is -0.497 e. The quantitative estimate of drug-likeness (QED) is 0.829. The van der Waals surface area contributed by atoms with Crippen LogP contribution in [0.25, 0.3) is 0 Å². The first-order valence-corrected chi connectivity index (χ1v) is 10.5. The molecule has 1 unspecified atom stereocenters. The summed E-state index contributed by atoms with van der Waals surface area (Å²) in [7, 11) is -1.32. The van der Waals surface area contributed by atoms with Crippen LogP contribution in [0.3, 0.4) is 0 Å². The van der Waals surface area contributed by atoms with Crippen LogP contribution in [0.2, 0.25) is 0 Å². The molecule has 1 atom stereocenters. The second-order valence-corrected chi connectivity index (χ2v) is 8.59. The maximum absolute atomic E-state index is 11.8. The lowest BCUT2D eigenvalue weighted by Gasteiger charge is -2.28. The first-order valence-electron chi connectivity index (χ1n) is 8.64. The van der Waals surface area contributed by atoms with Crippen LogP contribution in [0.5, 0.6) is 5.75 Å². The molecule has 1 aliphatic heterocycles. The number of hydrogen-bond acceptors (Lipinski definition) is 7. The van der Waals surface area contributed by atoms with E-state index in [2.05, 4.69) is 20.2 Å². The summed E-state index contributed by atoms with van der Waals surface area (Å²) in [5.41, 5.74) is 0.861. The Kier molecular flexibility index (Phi) is 5.31. The molecule has 1 aliphatic rings. The van der Waals surface area contributed by atoms with Gasteiger partial charge in [0.2, 0.25) is 0 Å². The monoisotopic (exact) mass is 376 g/mol. The highest BCUT2D eigenvalue weighted by atomic mass is 32.2. The summed E-state index contributed by atoms with van der Waals surface area (Å²) in [5.74, 6) is 3.22. The van der Waals surface area contributed by atoms with Gasteiger partial charge in [0.25, 0.3) is 0 Å². The standard InChI is InChI=1S/C18H24N4O3S/c1-4-22(15-8-9-26(23,24)12-15)18-11-17(19-13(2)20-18)21-14-6-5-7-16(10-14)25-3/h5-7,10-11,15H,4,8-9,12H2,1-3H3,(H,19,20,21). The van der Waals surface area contributed by atoms with Crippen LogP contribution in [0.4, 0.5) is 17.3 Å². The maximum atomic E-state index is 11.8. The van der Waals surface area contributed by atoms with E-state index < -0.39 is 9.84 Å². The molecule has 0 amide bonds. The number of aryl methyl sites for hydroxylation is 1. The number of anilines is 3. The topological polar surface area (TPSA) is 84.4 Å². The third-order valence-corrected chi connectivity index (χ3v) is 6.20. The van der Waals surface area contributed by atoms with Crippen molar-refractivity contribution >= 4 is 27.2 Å². The van der Waals surface area contributed by atoms with Crippen LogP contribution in [0, 0.1) is 6.92 Å². The Balaban J connectivity index is 1.86. The molecule has 2 aromatic rings. The minimum absolute atomic E-state index is 0.0380. The molecular weight excluding hydrogens is 352 g/mol. The molecule has 1 N–H and O–H groups in total. The van der Waals surface area contributed by atoms with E-state index in [0.29, 0.717) is 24.6 Å². The Bertz CT molecular complexity index is 886. The molecule has 0 aliphatic carbocycles. The van der Waals surface area contributed by atoms with Crippen molar-refractivity contribution in [3.63, 3.8) is 0 Å². The fraction of sp³-hybridized carbons (Fsp3) is 0.444. The third-order valence-electron chi connectivity index (χ3n) is 4.45. The van der Waals surface area contributed by atoms with E-state index in [1.54, 1.807) is 7.11 Å². The Morgan fingerprint density at radius 1 is 1.31 bits per heavy atom. The average Bonchev–Trinajstić information content (AvgIpc) is 2.95. The Morgan fingerprint density at radius 2 is 2.12 bits per heavy atom. The number of nitrogens with zero attached hydrogens (tertiary/aromatic N) is 3. The number of aromatic nitrogens is 2. The molecule has 140 valence electrons. The minimum atomic E-state index is -2.95. The number of nitrogens with one attached hydrogen (secondary N) is 1. The van der Waals surface area contributed by atoms with Crippen LogP contribution in [0.1, 0.15) is 19.2 Å². The van der Waals surface area contributed by atoms with Crippen molar-refractivity contribution in [3.8, 4) is 5.75 Å². The van der Waals surface area contributed by atoms with Crippen molar-refractivity contribution in [1.29, 1.82) is 0 Å². The molecule has 0 radical (unpaired) electrons. The van der Waals surface area contributed by atoms with Crippen molar-refractivity contribution in [2.75, 3.05) is 35.4 Å². The summed E-state index contributed by atoms with van der Waals surface area (Å²) in [6.07, 6.45) is 0.637. The molecule has 2 heterocycles. The second-order valence-electron chi connectivity index (χ2n) is 6.36. The number of benzene rings is 1. The van der Waals surface area contributed by atoms with Gasteiger partial charge in [0, 0.05) is 30.4 Å². The van der Waals surface area contributed by atoms with Crippen molar-refractivity contribution < 1.29 is 13.2 Å². The first kappa shape index (κ1) is 18.4. The van der Waals surface area contributed by atoms with E-state index in [1.807, 2.05) is 44.2 Å². The normalized spacial score (nSPS) is 18.5.